The maximum atomic E-state index is 12.5. The van der Waals surface area contributed by atoms with E-state index < -0.39 is 0 Å². The Labute approximate surface area is 148 Å². The van der Waals surface area contributed by atoms with Crippen molar-refractivity contribution in [2.45, 2.75) is 12.8 Å². The Morgan fingerprint density at radius 3 is 2.83 bits per heavy atom. The Morgan fingerprint density at radius 1 is 1.42 bits per heavy atom. The molecule has 1 aromatic heterocycles. The summed E-state index contributed by atoms with van der Waals surface area (Å²) in [6.07, 6.45) is 6.64. The SMILES string of the molecule is Cn1cc(Br)nc(N=C2C=CC(C(=O)N3CCOCC3)CC2)c1=O. The van der Waals surface area contributed by atoms with Crippen LogP contribution in [0.1, 0.15) is 12.8 Å². The molecule has 1 fully saturated rings. The van der Waals surface area contributed by atoms with E-state index in [4.69, 9.17) is 4.74 Å². The number of ether oxygens (including phenoxy) is 1. The fraction of sp³-hybridized carbons (Fsp3) is 0.500. The number of aliphatic imine (C=N–C) groups is 1. The molecule has 1 aromatic rings. The van der Waals surface area contributed by atoms with Crippen molar-refractivity contribution in [1.82, 2.24) is 14.5 Å². The third-order valence-electron chi connectivity index (χ3n) is 4.15. The highest BCUT2D eigenvalue weighted by Crippen LogP contribution is 2.20. The van der Waals surface area contributed by atoms with E-state index in [1.54, 1.807) is 13.2 Å². The lowest BCUT2D eigenvalue weighted by Gasteiger charge is -2.30. The molecule has 1 unspecified atom stereocenters. The molecule has 2 aliphatic rings. The van der Waals surface area contributed by atoms with E-state index in [2.05, 4.69) is 25.9 Å². The number of carbonyl (C=O) groups excluding carboxylic acids is 1. The maximum Gasteiger partial charge on any atom is 0.295 e. The Hall–Kier alpha value is -1.80. The second kappa shape index (κ2) is 7.40. The molecule has 1 amide bonds. The third-order valence-corrected chi connectivity index (χ3v) is 4.53. The Balaban J connectivity index is 1.73. The van der Waals surface area contributed by atoms with Gasteiger partial charge < -0.3 is 14.2 Å². The summed E-state index contributed by atoms with van der Waals surface area (Å²) in [5.41, 5.74) is 0.523. The number of halogens is 1. The van der Waals surface area contributed by atoms with Gasteiger partial charge in [-0.15, -0.1) is 0 Å². The van der Waals surface area contributed by atoms with Crippen LogP contribution in [0.3, 0.4) is 0 Å². The smallest absolute Gasteiger partial charge is 0.295 e. The topological polar surface area (TPSA) is 76.8 Å². The van der Waals surface area contributed by atoms with Crippen molar-refractivity contribution < 1.29 is 9.53 Å². The minimum atomic E-state index is -0.245. The summed E-state index contributed by atoms with van der Waals surface area (Å²) in [6.45, 7) is 2.52. The largest absolute Gasteiger partial charge is 0.378 e. The van der Waals surface area contributed by atoms with E-state index >= 15 is 0 Å². The van der Waals surface area contributed by atoms with E-state index in [0.717, 1.165) is 5.71 Å². The van der Waals surface area contributed by atoms with Gasteiger partial charge in [0, 0.05) is 32.0 Å². The average Bonchev–Trinajstić information content (AvgIpc) is 2.60. The van der Waals surface area contributed by atoms with Crippen LogP contribution in [0, 0.1) is 5.92 Å². The number of aryl methyl sites for hydroxylation is 1. The quantitative estimate of drug-likeness (QED) is 0.760. The Kier molecular flexibility index (Phi) is 5.25. The molecule has 128 valence electrons. The van der Waals surface area contributed by atoms with Crippen LogP contribution in [0.2, 0.25) is 0 Å². The van der Waals surface area contributed by atoms with Crippen molar-refractivity contribution in [2.24, 2.45) is 18.0 Å². The molecule has 0 spiro atoms. The van der Waals surface area contributed by atoms with Crippen LogP contribution in [0.4, 0.5) is 5.82 Å². The monoisotopic (exact) mass is 394 g/mol. The lowest BCUT2D eigenvalue weighted by atomic mass is 9.93. The molecule has 1 atom stereocenters. The third kappa shape index (κ3) is 3.81. The number of amides is 1. The highest BCUT2D eigenvalue weighted by atomic mass is 79.9. The fourth-order valence-electron chi connectivity index (χ4n) is 2.79. The highest BCUT2D eigenvalue weighted by molar-refractivity contribution is 9.10. The second-order valence-electron chi connectivity index (χ2n) is 5.85. The number of morpholine rings is 1. The molecular formula is C16H19BrN4O3. The van der Waals surface area contributed by atoms with Gasteiger partial charge in [0.1, 0.15) is 4.60 Å². The number of carbonyl (C=O) groups is 1. The standard InChI is InChI=1S/C16H19BrN4O3/c1-20-10-13(17)19-14(16(20)23)18-12-4-2-11(3-5-12)15(22)21-6-8-24-9-7-21/h2,4,10-11H,3,5-9H2,1H3. The molecular weight excluding hydrogens is 376 g/mol. The van der Waals surface area contributed by atoms with Crippen molar-refractivity contribution >= 4 is 33.4 Å². The predicted molar refractivity (Wildman–Crippen MR) is 93.5 cm³/mol. The zero-order valence-electron chi connectivity index (χ0n) is 13.4. The normalized spacial score (nSPS) is 22.8. The zero-order chi connectivity index (χ0) is 17.1. The van der Waals surface area contributed by atoms with Gasteiger partial charge in [-0.05, 0) is 34.8 Å². The van der Waals surface area contributed by atoms with Crippen molar-refractivity contribution in [3.8, 4) is 0 Å². The number of rotatable bonds is 2. The number of aromatic nitrogens is 2. The Bertz CT molecular complexity index is 750. The summed E-state index contributed by atoms with van der Waals surface area (Å²) < 4.78 is 7.28. The van der Waals surface area contributed by atoms with Crippen LogP contribution >= 0.6 is 15.9 Å². The van der Waals surface area contributed by atoms with E-state index in [1.807, 2.05) is 17.1 Å². The molecule has 0 saturated carbocycles. The van der Waals surface area contributed by atoms with E-state index in [0.29, 0.717) is 43.7 Å². The van der Waals surface area contributed by atoms with Crippen LogP contribution in [0.25, 0.3) is 0 Å². The lowest BCUT2D eigenvalue weighted by molar-refractivity contribution is -0.138. The van der Waals surface area contributed by atoms with Gasteiger partial charge in [0.15, 0.2) is 0 Å². The van der Waals surface area contributed by atoms with Gasteiger partial charge in [-0.3, -0.25) is 9.59 Å². The summed E-state index contributed by atoms with van der Waals surface area (Å²) in [5.74, 6) is 0.176. The summed E-state index contributed by atoms with van der Waals surface area (Å²) >= 11 is 3.27. The van der Waals surface area contributed by atoms with Gasteiger partial charge >= 0.3 is 0 Å². The molecule has 8 heteroatoms. The zero-order valence-corrected chi connectivity index (χ0v) is 15.0. The van der Waals surface area contributed by atoms with Gasteiger partial charge in [0.2, 0.25) is 11.7 Å². The number of allylic oxidation sites excluding steroid dienone is 1. The first kappa shape index (κ1) is 17.0. The first-order chi connectivity index (χ1) is 11.5. The second-order valence-corrected chi connectivity index (χ2v) is 6.66. The van der Waals surface area contributed by atoms with Crippen LogP contribution in [-0.4, -0.2) is 52.4 Å². The molecule has 1 saturated heterocycles. The first-order valence-electron chi connectivity index (χ1n) is 7.90. The van der Waals surface area contributed by atoms with Crippen molar-refractivity contribution in [1.29, 1.82) is 0 Å². The van der Waals surface area contributed by atoms with Gasteiger partial charge in [0.25, 0.3) is 5.56 Å². The molecule has 3 rings (SSSR count). The average molecular weight is 395 g/mol. The number of nitrogens with zero attached hydrogens (tertiary/aromatic N) is 4. The first-order valence-corrected chi connectivity index (χ1v) is 8.69. The van der Waals surface area contributed by atoms with Gasteiger partial charge in [-0.1, -0.05) is 6.08 Å². The number of hydrogen-bond donors (Lipinski definition) is 0. The number of hydrogen-bond acceptors (Lipinski definition) is 5. The molecule has 1 aliphatic heterocycles. The summed E-state index contributed by atoms with van der Waals surface area (Å²) in [6, 6.07) is 0. The minimum absolute atomic E-state index is 0.125. The van der Waals surface area contributed by atoms with E-state index in [1.165, 1.54) is 4.57 Å². The van der Waals surface area contributed by atoms with Gasteiger partial charge in [0.05, 0.1) is 19.1 Å². The lowest BCUT2D eigenvalue weighted by Crippen LogP contribution is -2.43. The molecule has 7 nitrogen and oxygen atoms in total. The van der Waals surface area contributed by atoms with Gasteiger partial charge in [-0.2, -0.15) is 0 Å². The predicted octanol–water partition coefficient (Wildman–Crippen LogP) is 1.44. The molecule has 0 aromatic carbocycles. The van der Waals surface area contributed by atoms with Crippen molar-refractivity contribution in [3.05, 3.63) is 33.3 Å². The molecule has 0 N–H and O–H groups in total. The minimum Gasteiger partial charge on any atom is -0.378 e. The fourth-order valence-corrected chi connectivity index (χ4v) is 3.27. The summed E-state index contributed by atoms with van der Waals surface area (Å²) in [4.78, 5) is 34.9. The molecule has 2 heterocycles. The van der Waals surface area contributed by atoms with Gasteiger partial charge in [-0.25, -0.2) is 9.98 Å². The van der Waals surface area contributed by atoms with Crippen molar-refractivity contribution in [3.63, 3.8) is 0 Å². The van der Waals surface area contributed by atoms with E-state index in [9.17, 15) is 9.59 Å². The summed E-state index contributed by atoms with van der Waals surface area (Å²) in [5, 5.41) is 0. The van der Waals surface area contributed by atoms with Crippen LogP contribution < -0.4 is 5.56 Å². The van der Waals surface area contributed by atoms with Crippen molar-refractivity contribution in [2.75, 3.05) is 26.3 Å². The maximum absolute atomic E-state index is 12.5. The summed E-state index contributed by atoms with van der Waals surface area (Å²) in [7, 11) is 1.66. The molecule has 0 bridgehead atoms. The van der Waals surface area contributed by atoms with Crippen LogP contribution in [0.5, 0.6) is 0 Å². The molecule has 0 radical (unpaired) electrons. The Morgan fingerprint density at radius 2 is 2.17 bits per heavy atom. The van der Waals surface area contributed by atoms with Crippen LogP contribution in [0.15, 0.2) is 32.7 Å². The van der Waals surface area contributed by atoms with Crippen LogP contribution in [-0.2, 0) is 16.6 Å². The van der Waals surface area contributed by atoms with E-state index in [-0.39, 0.29) is 23.2 Å². The molecule has 1 aliphatic carbocycles. The highest BCUT2D eigenvalue weighted by Gasteiger charge is 2.26. The molecule has 24 heavy (non-hydrogen) atoms.